The normalized spacial score (nSPS) is 17.2. The molecule has 4 aliphatic rings. The number of esters is 2. The molecule has 5 N–H and O–H groups in total. The minimum Gasteiger partial charge on any atom is -0.460 e. The zero-order chi connectivity index (χ0) is 62.9. The molecule has 4 atom stereocenters. The number of imide groups is 1. The van der Waals surface area contributed by atoms with Crippen molar-refractivity contribution in [1.29, 1.82) is 0 Å². The number of aryl methyl sites for hydroxylation is 1. The molecule has 8 rings (SSSR count). The number of ketones is 3. The van der Waals surface area contributed by atoms with Crippen LogP contribution in [-0.2, 0) is 93.8 Å². The third-order valence-corrected chi connectivity index (χ3v) is 16.2. The molecule has 2 aromatic carbocycles. The van der Waals surface area contributed by atoms with Crippen LogP contribution in [0, 0.1) is 18.7 Å². The Bertz CT molecular complexity index is 3520. The number of Topliss-reactive ketones (excluding diaryl/α,β-unsaturated/α-hetero) is 3. The van der Waals surface area contributed by atoms with Gasteiger partial charge in [-0.1, -0.05) is 43.7 Å². The molecule has 0 saturated carbocycles. The lowest BCUT2D eigenvalue weighted by Gasteiger charge is -2.31. The van der Waals surface area contributed by atoms with Gasteiger partial charge in [0, 0.05) is 92.8 Å². The number of carbonyl (C=O) groups excluding carboxylic acids is 11. The van der Waals surface area contributed by atoms with Crippen molar-refractivity contribution < 1.29 is 71.7 Å². The second kappa shape index (κ2) is 27.8. The predicted octanol–water partition coefficient (Wildman–Crippen LogP) is 4.86. The van der Waals surface area contributed by atoms with Gasteiger partial charge in [0.05, 0.1) is 60.0 Å². The van der Waals surface area contributed by atoms with E-state index in [4.69, 9.17) is 14.5 Å². The summed E-state index contributed by atoms with van der Waals surface area (Å²) < 4.78 is 27.6. The number of aromatic nitrogens is 2. The maximum Gasteiger partial charge on any atom is 0.343 e. The first-order chi connectivity index (χ1) is 41.3. The van der Waals surface area contributed by atoms with Crippen LogP contribution < -0.4 is 26.8 Å². The van der Waals surface area contributed by atoms with Crippen molar-refractivity contribution >= 4 is 75.6 Å². The number of amides is 6. The van der Waals surface area contributed by atoms with Gasteiger partial charge >= 0.3 is 11.9 Å². The standard InChI is InChI=1S/C64H74FN7O15/c1-6-64(85)44-31-49-59-42(34-72(49)61(83)43(44)35-86-62(64)84)58-46(20-19-41-36(2)45(65)32-48(70-59)57(41)58)68-52(77)17-13-26-66-51(76)23-21-50(75)47(28-37-14-9-7-10-15-37)69-53(78)22-18-40(74)33-67-60(82)38(30-56(81)87-63(3,4)5)29-39(73)16-11-8-12-27-71-54(79)24-25-55(71)80/h7,9-10,14-15,24-25,31-32,38,46-47,85H,6,8,11-13,16-23,26-30,33-35H2,1-5H3,(H,66,76)(H,67,82)(H,68,77)(H,69,78)/t38-,46?,47-,64-/m0/s1. The number of nitrogens with one attached hydrogen (secondary N) is 4. The molecule has 0 fully saturated rings. The van der Waals surface area contributed by atoms with Gasteiger partial charge in [-0.15, -0.1) is 0 Å². The summed E-state index contributed by atoms with van der Waals surface area (Å²) in [6, 6.07) is 10.2. The fourth-order valence-corrected chi connectivity index (χ4v) is 11.6. The average Bonchev–Trinajstić information content (AvgIpc) is 1.91. The van der Waals surface area contributed by atoms with Crippen molar-refractivity contribution in [1.82, 2.24) is 35.7 Å². The molecule has 6 amide bonds. The lowest BCUT2D eigenvalue weighted by atomic mass is 9.81. The first kappa shape index (κ1) is 64.4. The Morgan fingerprint density at radius 3 is 2.26 bits per heavy atom. The number of unbranched alkanes of at least 4 members (excludes halogenated alkanes) is 2. The second-order valence-electron chi connectivity index (χ2n) is 23.7. The Morgan fingerprint density at radius 2 is 1.55 bits per heavy atom. The van der Waals surface area contributed by atoms with Crippen LogP contribution in [0.5, 0.6) is 0 Å². The van der Waals surface area contributed by atoms with Crippen LogP contribution in [0.4, 0.5) is 4.39 Å². The van der Waals surface area contributed by atoms with E-state index in [-0.39, 0.29) is 113 Å². The number of ether oxygens (including phenoxy) is 2. The zero-order valence-electron chi connectivity index (χ0n) is 49.7. The molecule has 0 spiro atoms. The molecule has 4 aromatic rings. The maximum atomic E-state index is 15.4. The van der Waals surface area contributed by atoms with Crippen molar-refractivity contribution in [2.75, 3.05) is 19.6 Å². The van der Waals surface area contributed by atoms with Gasteiger partial charge in [-0.2, -0.15) is 0 Å². The van der Waals surface area contributed by atoms with Crippen LogP contribution in [0.25, 0.3) is 22.3 Å². The van der Waals surface area contributed by atoms with E-state index >= 15 is 4.39 Å². The molecule has 0 saturated heterocycles. The van der Waals surface area contributed by atoms with E-state index in [2.05, 4.69) is 21.3 Å². The molecule has 87 heavy (non-hydrogen) atoms. The number of hydrogen-bond donors (Lipinski definition) is 5. The van der Waals surface area contributed by atoms with Gasteiger partial charge in [0.25, 0.3) is 17.4 Å². The third kappa shape index (κ3) is 15.5. The fourth-order valence-electron chi connectivity index (χ4n) is 11.6. The summed E-state index contributed by atoms with van der Waals surface area (Å²) in [6.07, 6.45) is 3.12. The molecule has 1 unspecified atom stereocenters. The van der Waals surface area contributed by atoms with Gasteiger partial charge in [-0.25, -0.2) is 14.2 Å². The SMILES string of the molecule is CC[C@@]1(O)C(=O)OCc2c1cc1n(c2=O)Cc2c-1nc1cc(F)c(C)c3c1c2C(NC(=O)CCCNC(=O)CCC(=O)[C@H](Cc1ccccc1)NC(=O)CCC(=O)CNC(=O)[C@@H](CC(=O)CCCCCN1C(=O)C=CC1=O)CC(=O)OC(C)(C)C)CC3. The number of pyridine rings is 2. The highest BCUT2D eigenvalue weighted by Gasteiger charge is 2.46. The minimum absolute atomic E-state index is 0.00447. The van der Waals surface area contributed by atoms with E-state index in [1.54, 1.807) is 71.0 Å². The fraction of sp³-hybridized carbons (Fsp3) is 0.484. The quantitative estimate of drug-likeness (QED) is 0.0242. The van der Waals surface area contributed by atoms with Gasteiger partial charge in [-0.3, -0.25) is 57.6 Å². The number of hydrogen-bond acceptors (Lipinski definition) is 16. The second-order valence-corrected chi connectivity index (χ2v) is 23.7. The number of fused-ring (bicyclic) bond motifs is 5. The largest absolute Gasteiger partial charge is 0.460 e. The molecular weight excluding hydrogens is 1130 g/mol. The number of rotatable bonds is 29. The lowest BCUT2D eigenvalue weighted by molar-refractivity contribution is -0.172. The molecule has 462 valence electrons. The van der Waals surface area contributed by atoms with E-state index in [0.717, 1.165) is 16.0 Å². The van der Waals surface area contributed by atoms with Crippen LogP contribution in [0.3, 0.4) is 0 Å². The first-order valence-electron chi connectivity index (χ1n) is 29.7. The average molecular weight is 1200 g/mol. The Labute approximate surface area is 501 Å². The highest BCUT2D eigenvalue weighted by atomic mass is 19.1. The van der Waals surface area contributed by atoms with E-state index < -0.39 is 107 Å². The van der Waals surface area contributed by atoms with Gasteiger partial charge in [0.1, 0.15) is 23.8 Å². The number of aliphatic hydroxyl groups is 1. The summed E-state index contributed by atoms with van der Waals surface area (Å²) in [5.41, 5.74) is 1.23. The third-order valence-electron chi connectivity index (χ3n) is 16.2. The zero-order valence-corrected chi connectivity index (χ0v) is 49.7. The summed E-state index contributed by atoms with van der Waals surface area (Å²) in [5, 5.41) is 23.1. The number of benzene rings is 2. The maximum absolute atomic E-state index is 15.4. The Morgan fingerprint density at radius 1 is 0.828 bits per heavy atom. The smallest absolute Gasteiger partial charge is 0.343 e. The van der Waals surface area contributed by atoms with Crippen LogP contribution in [0.2, 0.25) is 0 Å². The summed E-state index contributed by atoms with van der Waals surface area (Å²) in [6.45, 7) is 7.81. The van der Waals surface area contributed by atoms with Gasteiger partial charge < -0.3 is 40.4 Å². The molecular formula is C64H74FN7O15. The monoisotopic (exact) mass is 1200 g/mol. The highest BCUT2D eigenvalue weighted by Crippen LogP contribution is 2.46. The topological polar surface area (TPSA) is 313 Å². The Hall–Kier alpha value is -8.60. The molecule has 0 bridgehead atoms. The van der Waals surface area contributed by atoms with Crippen molar-refractivity contribution in [3.8, 4) is 11.4 Å². The molecule has 1 aliphatic carbocycles. The molecule has 5 heterocycles. The summed E-state index contributed by atoms with van der Waals surface area (Å²) in [4.78, 5) is 162. The number of carbonyl (C=O) groups is 11. The van der Waals surface area contributed by atoms with Gasteiger partial charge in [0.2, 0.25) is 23.6 Å². The number of halogens is 1. The molecule has 2 aromatic heterocycles. The molecule has 3 aliphatic heterocycles. The lowest BCUT2D eigenvalue weighted by Crippen LogP contribution is -2.44. The van der Waals surface area contributed by atoms with Gasteiger partial charge in [-0.05, 0) is 101 Å². The van der Waals surface area contributed by atoms with Crippen LogP contribution in [0.1, 0.15) is 163 Å². The highest BCUT2D eigenvalue weighted by molar-refractivity contribution is 6.12. The van der Waals surface area contributed by atoms with Crippen molar-refractivity contribution in [3.05, 3.63) is 110 Å². The van der Waals surface area contributed by atoms with E-state index in [1.165, 1.54) is 22.8 Å². The molecule has 22 nitrogen and oxygen atoms in total. The Balaban J connectivity index is 0.804. The number of nitrogens with zero attached hydrogens (tertiary/aromatic N) is 3. The van der Waals surface area contributed by atoms with Crippen molar-refractivity contribution in [2.24, 2.45) is 5.92 Å². The van der Waals surface area contributed by atoms with Crippen LogP contribution >= 0.6 is 0 Å². The van der Waals surface area contributed by atoms with E-state index in [1.807, 2.05) is 0 Å². The number of cyclic esters (lactones) is 1. The summed E-state index contributed by atoms with van der Waals surface area (Å²) in [5.74, 6) is -7.43. The van der Waals surface area contributed by atoms with E-state index in [9.17, 15) is 62.6 Å². The minimum atomic E-state index is -2.05. The summed E-state index contributed by atoms with van der Waals surface area (Å²) >= 11 is 0. The first-order valence-corrected chi connectivity index (χ1v) is 29.7. The predicted molar refractivity (Wildman–Crippen MR) is 312 cm³/mol. The van der Waals surface area contributed by atoms with Crippen LogP contribution in [0.15, 0.2) is 59.4 Å². The van der Waals surface area contributed by atoms with Crippen molar-refractivity contribution in [2.45, 2.75) is 174 Å². The molecule has 23 heteroatoms. The Kier molecular flexibility index (Phi) is 20.6. The van der Waals surface area contributed by atoms with Gasteiger partial charge in [0.15, 0.2) is 17.2 Å². The summed E-state index contributed by atoms with van der Waals surface area (Å²) in [7, 11) is 0. The molecule has 0 radical (unpaired) electrons. The van der Waals surface area contributed by atoms with Crippen LogP contribution in [-0.4, -0.2) is 116 Å². The van der Waals surface area contributed by atoms with E-state index in [0.29, 0.717) is 71.1 Å². The van der Waals surface area contributed by atoms with Crippen molar-refractivity contribution in [3.63, 3.8) is 0 Å².